The number of aryl methyl sites for hydroxylation is 1. The normalized spacial score (nSPS) is 11.0. The molecule has 0 saturated carbocycles. The number of H-pyrrole nitrogens is 1. The van der Waals surface area contributed by atoms with Gasteiger partial charge < -0.3 is 5.32 Å². The molecule has 22 heavy (non-hydrogen) atoms. The molecule has 0 fully saturated rings. The number of aromatic nitrogens is 4. The number of nitrogens with zero attached hydrogens (tertiary/aromatic N) is 3. The SMILES string of the molecule is Cn1cc(-c2n[nH]c3ccc(Nc4ccccc4)cc23)cn1. The van der Waals surface area contributed by atoms with Gasteiger partial charge in [-0.25, -0.2) is 0 Å². The highest BCUT2D eigenvalue weighted by Crippen LogP contribution is 2.29. The highest BCUT2D eigenvalue weighted by molar-refractivity contribution is 5.95. The Bertz CT molecular complexity index is 921. The fourth-order valence-electron chi connectivity index (χ4n) is 2.54. The molecule has 0 saturated heterocycles. The third kappa shape index (κ3) is 2.22. The molecule has 4 aromatic rings. The first-order chi connectivity index (χ1) is 10.8. The average molecular weight is 289 g/mol. The maximum Gasteiger partial charge on any atom is 0.103 e. The topological polar surface area (TPSA) is 58.5 Å². The number of rotatable bonds is 3. The van der Waals surface area contributed by atoms with Crippen molar-refractivity contribution in [1.82, 2.24) is 20.0 Å². The summed E-state index contributed by atoms with van der Waals surface area (Å²) in [7, 11) is 1.90. The molecule has 0 spiro atoms. The molecule has 0 atom stereocenters. The van der Waals surface area contributed by atoms with Gasteiger partial charge in [-0.1, -0.05) is 18.2 Å². The molecule has 0 radical (unpaired) electrons. The summed E-state index contributed by atoms with van der Waals surface area (Å²) < 4.78 is 1.78. The largest absolute Gasteiger partial charge is 0.356 e. The van der Waals surface area contributed by atoms with Crippen molar-refractivity contribution in [2.24, 2.45) is 7.05 Å². The molecule has 0 aliphatic heterocycles. The van der Waals surface area contributed by atoms with Crippen molar-refractivity contribution >= 4 is 22.3 Å². The quantitative estimate of drug-likeness (QED) is 0.604. The number of benzene rings is 2. The zero-order valence-corrected chi connectivity index (χ0v) is 12.1. The summed E-state index contributed by atoms with van der Waals surface area (Å²) in [6.45, 7) is 0. The van der Waals surface area contributed by atoms with Gasteiger partial charge in [0.05, 0.1) is 11.7 Å². The van der Waals surface area contributed by atoms with Gasteiger partial charge in [-0.05, 0) is 30.3 Å². The van der Waals surface area contributed by atoms with E-state index >= 15 is 0 Å². The summed E-state index contributed by atoms with van der Waals surface area (Å²) in [5, 5.41) is 16.2. The van der Waals surface area contributed by atoms with E-state index in [2.05, 4.69) is 26.7 Å². The van der Waals surface area contributed by atoms with Crippen LogP contribution in [0.5, 0.6) is 0 Å². The minimum Gasteiger partial charge on any atom is -0.356 e. The zero-order valence-electron chi connectivity index (χ0n) is 12.1. The molecule has 0 aliphatic rings. The molecular formula is C17H15N5. The van der Waals surface area contributed by atoms with Gasteiger partial charge in [-0.15, -0.1) is 0 Å². The van der Waals surface area contributed by atoms with Crippen LogP contribution in [-0.4, -0.2) is 20.0 Å². The fraction of sp³-hybridized carbons (Fsp3) is 0.0588. The molecule has 2 N–H and O–H groups in total. The molecule has 5 nitrogen and oxygen atoms in total. The monoisotopic (exact) mass is 289 g/mol. The molecule has 108 valence electrons. The van der Waals surface area contributed by atoms with Gasteiger partial charge >= 0.3 is 0 Å². The highest BCUT2D eigenvalue weighted by Gasteiger charge is 2.10. The lowest BCUT2D eigenvalue weighted by Crippen LogP contribution is -1.89. The molecule has 4 rings (SSSR count). The molecule has 5 heteroatoms. The predicted octanol–water partition coefficient (Wildman–Crippen LogP) is 3.71. The third-order valence-electron chi connectivity index (χ3n) is 3.60. The van der Waals surface area contributed by atoms with E-state index in [9.17, 15) is 0 Å². The number of hydrogen-bond acceptors (Lipinski definition) is 3. The number of fused-ring (bicyclic) bond motifs is 1. The second-order valence-electron chi connectivity index (χ2n) is 5.23. The Morgan fingerprint density at radius 1 is 1.05 bits per heavy atom. The van der Waals surface area contributed by atoms with E-state index < -0.39 is 0 Å². The summed E-state index contributed by atoms with van der Waals surface area (Å²) in [4.78, 5) is 0. The van der Waals surface area contributed by atoms with E-state index in [0.717, 1.165) is 33.5 Å². The zero-order chi connectivity index (χ0) is 14.9. The van der Waals surface area contributed by atoms with E-state index in [1.807, 2.05) is 61.9 Å². The van der Waals surface area contributed by atoms with Gasteiger partial charge in [-0.2, -0.15) is 10.2 Å². The molecule has 2 aromatic heterocycles. The van der Waals surface area contributed by atoms with Crippen molar-refractivity contribution < 1.29 is 0 Å². The maximum atomic E-state index is 4.42. The fourth-order valence-corrected chi connectivity index (χ4v) is 2.54. The van der Waals surface area contributed by atoms with E-state index in [4.69, 9.17) is 0 Å². The molecule has 2 heterocycles. The van der Waals surface area contributed by atoms with Crippen LogP contribution in [0.4, 0.5) is 11.4 Å². The lowest BCUT2D eigenvalue weighted by molar-refractivity contribution is 0.768. The second kappa shape index (κ2) is 5.04. The Hall–Kier alpha value is -3.08. The smallest absolute Gasteiger partial charge is 0.103 e. The Labute approximate surface area is 127 Å². The molecule has 0 aliphatic carbocycles. The van der Waals surface area contributed by atoms with Crippen LogP contribution < -0.4 is 5.32 Å². The Morgan fingerprint density at radius 2 is 1.91 bits per heavy atom. The van der Waals surface area contributed by atoms with Crippen LogP contribution in [-0.2, 0) is 7.05 Å². The highest BCUT2D eigenvalue weighted by atomic mass is 15.2. The van der Waals surface area contributed by atoms with Crippen LogP contribution in [0, 0.1) is 0 Å². The second-order valence-corrected chi connectivity index (χ2v) is 5.23. The third-order valence-corrected chi connectivity index (χ3v) is 3.60. The number of nitrogens with one attached hydrogen (secondary N) is 2. The van der Waals surface area contributed by atoms with Crippen LogP contribution in [0.1, 0.15) is 0 Å². The minimum atomic E-state index is 0.916. The summed E-state index contributed by atoms with van der Waals surface area (Å²) in [6, 6.07) is 16.3. The summed E-state index contributed by atoms with van der Waals surface area (Å²) in [6.07, 6.45) is 3.79. The number of para-hydroxylation sites is 1. The van der Waals surface area contributed by atoms with E-state index in [1.54, 1.807) is 4.68 Å². The average Bonchev–Trinajstić information content (AvgIpc) is 3.14. The van der Waals surface area contributed by atoms with Gasteiger partial charge in [-0.3, -0.25) is 9.78 Å². The van der Waals surface area contributed by atoms with Gasteiger partial charge in [0, 0.05) is 35.6 Å². The van der Waals surface area contributed by atoms with Crippen LogP contribution >= 0.6 is 0 Å². The Morgan fingerprint density at radius 3 is 2.68 bits per heavy atom. The van der Waals surface area contributed by atoms with Crippen molar-refractivity contribution in [3.8, 4) is 11.3 Å². The van der Waals surface area contributed by atoms with Crippen LogP contribution in [0.3, 0.4) is 0 Å². The molecular weight excluding hydrogens is 274 g/mol. The summed E-state index contributed by atoms with van der Waals surface area (Å²) >= 11 is 0. The van der Waals surface area contributed by atoms with E-state index in [1.165, 1.54) is 0 Å². The maximum absolute atomic E-state index is 4.42. The Kier molecular flexibility index (Phi) is 2.89. The molecule has 0 unspecified atom stereocenters. The first-order valence-corrected chi connectivity index (χ1v) is 7.09. The van der Waals surface area contributed by atoms with Crippen molar-refractivity contribution in [2.75, 3.05) is 5.32 Å². The van der Waals surface area contributed by atoms with Crippen LogP contribution in [0.2, 0.25) is 0 Å². The van der Waals surface area contributed by atoms with Gasteiger partial charge in [0.15, 0.2) is 0 Å². The van der Waals surface area contributed by atoms with Gasteiger partial charge in [0.2, 0.25) is 0 Å². The number of anilines is 2. The summed E-state index contributed by atoms with van der Waals surface area (Å²) in [5.41, 5.74) is 5.03. The minimum absolute atomic E-state index is 0.916. The van der Waals surface area contributed by atoms with Gasteiger partial charge in [0.1, 0.15) is 5.69 Å². The van der Waals surface area contributed by atoms with Gasteiger partial charge in [0.25, 0.3) is 0 Å². The standard InChI is InChI=1S/C17H15N5/c1-22-11-12(10-18-22)17-15-9-14(7-8-16(15)20-21-17)19-13-5-3-2-4-6-13/h2-11,19H,1H3,(H,20,21). The predicted molar refractivity (Wildman–Crippen MR) is 88.0 cm³/mol. The number of aromatic amines is 1. The van der Waals surface area contributed by atoms with E-state index in [0.29, 0.717) is 0 Å². The van der Waals surface area contributed by atoms with Crippen molar-refractivity contribution in [1.29, 1.82) is 0 Å². The Balaban J connectivity index is 1.76. The van der Waals surface area contributed by atoms with Crippen molar-refractivity contribution in [3.05, 3.63) is 60.9 Å². The van der Waals surface area contributed by atoms with Crippen LogP contribution in [0.25, 0.3) is 22.2 Å². The molecule has 0 bridgehead atoms. The lowest BCUT2D eigenvalue weighted by Gasteiger charge is -2.06. The van der Waals surface area contributed by atoms with Crippen molar-refractivity contribution in [2.45, 2.75) is 0 Å². The van der Waals surface area contributed by atoms with Crippen molar-refractivity contribution in [3.63, 3.8) is 0 Å². The molecule has 2 aromatic carbocycles. The van der Waals surface area contributed by atoms with Crippen LogP contribution in [0.15, 0.2) is 60.9 Å². The summed E-state index contributed by atoms with van der Waals surface area (Å²) in [5.74, 6) is 0. The molecule has 0 amide bonds. The van der Waals surface area contributed by atoms with E-state index in [-0.39, 0.29) is 0 Å². The first-order valence-electron chi connectivity index (χ1n) is 7.09. The number of hydrogen-bond donors (Lipinski definition) is 2. The lowest BCUT2D eigenvalue weighted by atomic mass is 10.1. The first kappa shape index (κ1) is 12.6.